The van der Waals surface area contributed by atoms with Gasteiger partial charge in [0.05, 0.1) is 23.4 Å². The molecule has 0 aromatic carbocycles. The van der Waals surface area contributed by atoms with E-state index in [0.29, 0.717) is 12.1 Å². The molecule has 6 heterocycles. The maximum Gasteiger partial charge on any atom is 0.139 e. The van der Waals surface area contributed by atoms with E-state index in [9.17, 15) is 0 Å². The van der Waals surface area contributed by atoms with E-state index >= 15 is 0 Å². The Morgan fingerprint density at radius 1 is 0.650 bits per heavy atom. The molecular weight excluding hydrogens is 496 g/mol. The third kappa shape index (κ3) is 3.25. The number of hydrogen-bond donors (Lipinski definition) is 2. The molecule has 4 aliphatic carbocycles. The molecule has 4 fully saturated rings. The molecule has 8 nitrogen and oxygen atoms in total. The van der Waals surface area contributed by atoms with Crippen molar-refractivity contribution >= 4 is 44.1 Å². The minimum absolute atomic E-state index is 0.652. The highest BCUT2D eigenvalue weighted by Crippen LogP contribution is 2.53. The second kappa shape index (κ2) is 8.41. The molecule has 0 spiro atoms. The first kappa shape index (κ1) is 23.1. The van der Waals surface area contributed by atoms with Crippen LogP contribution in [0.3, 0.4) is 0 Å². The number of aromatic amines is 2. The van der Waals surface area contributed by atoms with Gasteiger partial charge >= 0.3 is 0 Å². The van der Waals surface area contributed by atoms with Crippen molar-refractivity contribution in [1.29, 1.82) is 0 Å². The lowest BCUT2D eigenvalue weighted by atomic mass is 9.95. The van der Waals surface area contributed by atoms with Gasteiger partial charge in [0.25, 0.3) is 0 Å². The lowest BCUT2D eigenvalue weighted by Gasteiger charge is -2.25. The zero-order valence-electron chi connectivity index (χ0n) is 23.3. The van der Waals surface area contributed by atoms with Crippen LogP contribution in [0.15, 0.2) is 36.9 Å². The SMILES string of the molecule is Cc1nc2cnc3[nH]ccc3c2n1[C@@H]1C[C@H]2CC[C@@H]1C2.Cc1nc2cnc3[nH]ccc3c2n1[C@H]1C[C@@H]2CC[C@H]1C2. The fourth-order valence-electron chi connectivity index (χ4n) is 9.28. The van der Waals surface area contributed by atoms with E-state index in [2.05, 4.69) is 55.1 Å². The summed E-state index contributed by atoms with van der Waals surface area (Å²) in [5.41, 5.74) is 6.59. The predicted octanol–water partition coefficient (Wildman–Crippen LogP) is 7.16. The molecule has 10 rings (SSSR count). The second-order valence-electron chi connectivity index (χ2n) is 13.0. The zero-order chi connectivity index (χ0) is 26.5. The van der Waals surface area contributed by atoms with Gasteiger partial charge in [0.15, 0.2) is 0 Å². The molecule has 6 aromatic rings. The van der Waals surface area contributed by atoms with Gasteiger partial charge in [-0.3, -0.25) is 0 Å². The number of rotatable bonds is 2. The summed E-state index contributed by atoms with van der Waals surface area (Å²) in [5.74, 6) is 5.91. The molecule has 4 aliphatic rings. The monoisotopic (exact) mass is 532 g/mol. The molecule has 0 radical (unpaired) electrons. The Kier molecular flexibility index (Phi) is 4.85. The van der Waals surface area contributed by atoms with E-state index in [0.717, 1.165) is 57.6 Å². The van der Waals surface area contributed by atoms with Crippen molar-refractivity contribution in [3.05, 3.63) is 48.6 Å². The van der Waals surface area contributed by atoms with Gasteiger partial charge in [-0.05, 0) is 88.2 Å². The molecule has 8 heteroatoms. The number of hydrogen-bond acceptors (Lipinski definition) is 4. The first-order valence-corrected chi connectivity index (χ1v) is 15.2. The summed E-state index contributed by atoms with van der Waals surface area (Å²) in [6.45, 7) is 4.29. The molecule has 0 amide bonds. The summed E-state index contributed by atoms with van der Waals surface area (Å²) < 4.78 is 5.02. The number of nitrogens with zero attached hydrogens (tertiary/aromatic N) is 6. The Balaban J connectivity index is 0.000000115. The fourth-order valence-corrected chi connectivity index (χ4v) is 9.28. The first-order chi connectivity index (χ1) is 19.6. The summed E-state index contributed by atoms with van der Waals surface area (Å²) in [7, 11) is 0. The number of fused-ring (bicyclic) bond motifs is 10. The predicted molar refractivity (Wildman–Crippen MR) is 157 cm³/mol. The lowest BCUT2D eigenvalue weighted by molar-refractivity contribution is 0.332. The molecule has 0 aliphatic heterocycles. The molecule has 6 atom stereocenters. The van der Waals surface area contributed by atoms with E-state index in [1.54, 1.807) is 0 Å². The summed E-state index contributed by atoms with van der Waals surface area (Å²) >= 11 is 0. The lowest BCUT2D eigenvalue weighted by Crippen LogP contribution is -2.17. The standard InChI is InChI=1S/2C16H18N4/c2*1-9-19-13-8-18-16-12(4-5-17-16)15(13)20(9)14-7-10-2-3-11(14)6-10/h2*4-5,8,10-11,14H,2-3,6-7H2,1H3,(H,17,18)/t2*10-,11+,14+/m10/s1. The van der Waals surface area contributed by atoms with Crippen LogP contribution in [-0.2, 0) is 0 Å². The van der Waals surface area contributed by atoms with Gasteiger partial charge in [-0.25, -0.2) is 19.9 Å². The zero-order valence-corrected chi connectivity index (χ0v) is 23.3. The Bertz CT molecular complexity index is 1760. The average molecular weight is 533 g/mol. The van der Waals surface area contributed by atoms with Crippen LogP contribution in [-0.4, -0.2) is 39.0 Å². The minimum Gasteiger partial charge on any atom is -0.346 e. The quantitative estimate of drug-likeness (QED) is 0.247. The van der Waals surface area contributed by atoms with Crippen LogP contribution < -0.4 is 0 Å². The molecule has 6 aromatic heterocycles. The van der Waals surface area contributed by atoms with Gasteiger partial charge in [0, 0.05) is 35.2 Å². The maximum atomic E-state index is 4.76. The Morgan fingerprint density at radius 2 is 1.12 bits per heavy atom. The van der Waals surface area contributed by atoms with Crippen LogP contribution in [0.4, 0.5) is 0 Å². The van der Waals surface area contributed by atoms with Crippen LogP contribution >= 0.6 is 0 Å². The Hall–Kier alpha value is -3.68. The smallest absolute Gasteiger partial charge is 0.139 e. The minimum atomic E-state index is 0.652. The Labute approximate surface area is 232 Å². The van der Waals surface area contributed by atoms with Gasteiger partial charge in [-0.15, -0.1) is 0 Å². The summed E-state index contributed by atoms with van der Waals surface area (Å²) in [6.07, 6.45) is 19.0. The number of H-pyrrole nitrogens is 2. The number of aromatic nitrogens is 8. The number of imidazole rings is 2. The maximum absolute atomic E-state index is 4.76. The number of nitrogens with one attached hydrogen (secondary N) is 2. The Morgan fingerprint density at radius 3 is 1.52 bits per heavy atom. The van der Waals surface area contributed by atoms with Gasteiger partial charge in [0.2, 0.25) is 0 Å². The van der Waals surface area contributed by atoms with Crippen LogP contribution in [0.2, 0.25) is 0 Å². The van der Waals surface area contributed by atoms with E-state index in [4.69, 9.17) is 9.97 Å². The molecule has 40 heavy (non-hydrogen) atoms. The molecule has 2 N–H and O–H groups in total. The van der Waals surface area contributed by atoms with Crippen LogP contribution in [0.1, 0.15) is 75.1 Å². The van der Waals surface area contributed by atoms with E-state index in [1.165, 1.54) is 73.2 Å². The van der Waals surface area contributed by atoms with Crippen molar-refractivity contribution in [3.63, 3.8) is 0 Å². The third-order valence-electron chi connectivity index (χ3n) is 10.9. The van der Waals surface area contributed by atoms with Gasteiger partial charge in [-0.2, -0.15) is 0 Å². The van der Waals surface area contributed by atoms with Crippen molar-refractivity contribution in [2.75, 3.05) is 0 Å². The van der Waals surface area contributed by atoms with Crippen molar-refractivity contribution in [2.24, 2.45) is 23.7 Å². The van der Waals surface area contributed by atoms with Crippen molar-refractivity contribution in [3.8, 4) is 0 Å². The highest BCUT2D eigenvalue weighted by molar-refractivity contribution is 6.02. The highest BCUT2D eigenvalue weighted by Gasteiger charge is 2.42. The number of aryl methyl sites for hydroxylation is 2. The van der Waals surface area contributed by atoms with Crippen molar-refractivity contribution in [2.45, 2.75) is 77.3 Å². The van der Waals surface area contributed by atoms with Crippen LogP contribution in [0.5, 0.6) is 0 Å². The van der Waals surface area contributed by atoms with Crippen molar-refractivity contribution in [1.82, 2.24) is 39.0 Å². The average Bonchev–Trinajstić information content (AvgIpc) is 3.80. The summed E-state index contributed by atoms with van der Waals surface area (Å²) in [4.78, 5) is 24.9. The van der Waals surface area contributed by atoms with Gasteiger partial charge in [-0.1, -0.05) is 12.8 Å². The third-order valence-corrected chi connectivity index (χ3v) is 10.9. The summed E-state index contributed by atoms with van der Waals surface area (Å²) in [5, 5.41) is 2.43. The van der Waals surface area contributed by atoms with Crippen molar-refractivity contribution < 1.29 is 0 Å². The first-order valence-electron chi connectivity index (χ1n) is 15.2. The molecule has 0 saturated heterocycles. The largest absolute Gasteiger partial charge is 0.346 e. The van der Waals surface area contributed by atoms with Gasteiger partial charge in [0.1, 0.15) is 34.0 Å². The molecule has 204 valence electrons. The van der Waals surface area contributed by atoms with Crippen LogP contribution in [0, 0.1) is 37.5 Å². The highest BCUT2D eigenvalue weighted by atomic mass is 15.1. The fraction of sp³-hybridized carbons (Fsp3) is 0.500. The molecule has 4 saturated carbocycles. The van der Waals surface area contributed by atoms with Gasteiger partial charge < -0.3 is 19.1 Å². The van der Waals surface area contributed by atoms with E-state index < -0.39 is 0 Å². The van der Waals surface area contributed by atoms with E-state index in [1.807, 2.05) is 24.8 Å². The normalized spacial score (nSPS) is 28.9. The molecule has 0 unspecified atom stereocenters. The van der Waals surface area contributed by atoms with E-state index in [-0.39, 0.29) is 0 Å². The second-order valence-corrected chi connectivity index (χ2v) is 13.0. The summed E-state index contributed by atoms with van der Waals surface area (Å²) in [6, 6.07) is 5.57. The molecular formula is C32H36N8. The topological polar surface area (TPSA) is 93.0 Å². The van der Waals surface area contributed by atoms with Crippen LogP contribution in [0.25, 0.3) is 44.1 Å². The molecule has 4 bridgehead atoms. The number of pyridine rings is 2.